The summed E-state index contributed by atoms with van der Waals surface area (Å²) in [5.74, 6) is -0.0343. The number of nitrogens with zero attached hydrogens (tertiary/aromatic N) is 2. The fourth-order valence-corrected chi connectivity index (χ4v) is 1.85. The number of nitrogens with one attached hydrogen (secondary N) is 1. The van der Waals surface area contributed by atoms with Crippen molar-refractivity contribution >= 4 is 5.82 Å². The van der Waals surface area contributed by atoms with Crippen LogP contribution in [0.25, 0.3) is 0 Å². The minimum Gasteiger partial charge on any atom is -0.367 e. The summed E-state index contributed by atoms with van der Waals surface area (Å²) in [5, 5.41) is 3.09. The van der Waals surface area contributed by atoms with Gasteiger partial charge in [0.1, 0.15) is 6.33 Å². The third-order valence-electron chi connectivity index (χ3n) is 3.16. The summed E-state index contributed by atoms with van der Waals surface area (Å²) in [6, 6.07) is 0. The van der Waals surface area contributed by atoms with Crippen LogP contribution in [0.15, 0.2) is 6.33 Å². The maximum absolute atomic E-state index is 13.7. The molecule has 4 heteroatoms. The van der Waals surface area contributed by atoms with E-state index < -0.39 is 0 Å². The van der Waals surface area contributed by atoms with Crippen LogP contribution in [0.3, 0.4) is 0 Å². The normalized spacial score (nSPS) is 11.6. The van der Waals surface area contributed by atoms with Gasteiger partial charge in [-0.3, -0.25) is 0 Å². The Bertz CT molecular complexity index is 377. The first-order valence-electron chi connectivity index (χ1n) is 6.67. The predicted octanol–water partition coefficient (Wildman–Crippen LogP) is 3.94. The molecule has 0 aliphatic carbocycles. The lowest BCUT2D eigenvalue weighted by molar-refractivity contribution is 0.341. The zero-order valence-corrected chi connectivity index (χ0v) is 11.9. The minimum atomic E-state index is -0.346. The number of anilines is 1. The first-order chi connectivity index (χ1) is 8.46. The molecule has 1 aromatic heterocycles. The number of aryl methyl sites for hydroxylation is 1. The summed E-state index contributed by atoms with van der Waals surface area (Å²) in [7, 11) is 0. The lowest BCUT2D eigenvalue weighted by Gasteiger charge is -2.25. The van der Waals surface area contributed by atoms with Gasteiger partial charge in [0.15, 0.2) is 11.6 Å². The van der Waals surface area contributed by atoms with Crippen molar-refractivity contribution in [2.45, 2.75) is 53.4 Å². The van der Waals surface area contributed by atoms with Crippen LogP contribution >= 0.6 is 0 Å². The van der Waals surface area contributed by atoms with Crippen LogP contribution in [0, 0.1) is 18.2 Å². The van der Waals surface area contributed by atoms with Crippen LogP contribution in [0.5, 0.6) is 0 Å². The standard InChI is InChI=1S/C14H24FN3/c1-5-6-7-8-14(3,4)9-16-13-12(15)11(2)17-10-18-13/h10H,5-9H2,1-4H3,(H,16,17,18). The van der Waals surface area contributed by atoms with Crippen molar-refractivity contribution in [3.8, 4) is 0 Å². The van der Waals surface area contributed by atoms with Crippen LogP contribution in [0.4, 0.5) is 10.2 Å². The van der Waals surface area contributed by atoms with E-state index in [1.165, 1.54) is 25.6 Å². The molecule has 1 rings (SSSR count). The second-order valence-corrected chi connectivity index (χ2v) is 5.60. The number of rotatable bonds is 7. The highest BCUT2D eigenvalue weighted by atomic mass is 19.1. The van der Waals surface area contributed by atoms with E-state index >= 15 is 0 Å². The SMILES string of the molecule is CCCCCC(C)(C)CNc1ncnc(C)c1F. The second-order valence-electron chi connectivity index (χ2n) is 5.60. The Labute approximate surface area is 109 Å². The predicted molar refractivity (Wildman–Crippen MR) is 73.1 cm³/mol. The van der Waals surface area contributed by atoms with Gasteiger partial charge in [0.2, 0.25) is 0 Å². The molecule has 1 aromatic rings. The first kappa shape index (κ1) is 14.9. The molecular formula is C14H24FN3. The van der Waals surface area contributed by atoms with E-state index in [9.17, 15) is 4.39 Å². The van der Waals surface area contributed by atoms with E-state index in [1.807, 2.05) is 0 Å². The fourth-order valence-electron chi connectivity index (χ4n) is 1.85. The van der Waals surface area contributed by atoms with Crippen molar-refractivity contribution in [3.05, 3.63) is 17.8 Å². The number of halogens is 1. The quantitative estimate of drug-likeness (QED) is 0.748. The molecule has 0 amide bonds. The van der Waals surface area contributed by atoms with Gasteiger partial charge in [-0.05, 0) is 18.8 Å². The monoisotopic (exact) mass is 253 g/mol. The van der Waals surface area contributed by atoms with E-state index in [2.05, 4.69) is 36.1 Å². The van der Waals surface area contributed by atoms with Crippen molar-refractivity contribution < 1.29 is 4.39 Å². The molecule has 1 N–H and O–H groups in total. The van der Waals surface area contributed by atoms with Crippen molar-refractivity contribution in [1.82, 2.24) is 9.97 Å². The van der Waals surface area contributed by atoms with E-state index in [1.54, 1.807) is 6.92 Å². The molecule has 0 saturated heterocycles. The molecule has 0 bridgehead atoms. The minimum absolute atomic E-state index is 0.153. The number of hydrogen-bond donors (Lipinski definition) is 1. The maximum Gasteiger partial charge on any atom is 0.186 e. The van der Waals surface area contributed by atoms with Gasteiger partial charge in [0.05, 0.1) is 5.69 Å². The topological polar surface area (TPSA) is 37.8 Å². The fraction of sp³-hybridized carbons (Fsp3) is 0.714. The Morgan fingerprint density at radius 1 is 1.28 bits per heavy atom. The molecule has 0 aliphatic heterocycles. The average molecular weight is 253 g/mol. The summed E-state index contributed by atoms with van der Waals surface area (Å²) >= 11 is 0. The van der Waals surface area contributed by atoms with Crippen LogP contribution in [-0.4, -0.2) is 16.5 Å². The van der Waals surface area contributed by atoms with Crippen molar-refractivity contribution in [2.24, 2.45) is 5.41 Å². The summed E-state index contributed by atoms with van der Waals surface area (Å²) in [5.41, 5.74) is 0.539. The zero-order chi connectivity index (χ0) is 13.6. The Kier molecular flexibility index (Phi) is 5.51. The highest BCUT2D eigenvalue weighted by molar-refractivity contribution is 5.36. The third-order valence-corrected chi connectivity index (χ3v) is 3.16. The van der Waals surface area contributed by atoms with Gasteiger partial charge in [0.25, 0.3) is 0 Å². The lowest BCUT2D eigenvalue weighted by atomic mass is 9.87. The largest absolute Gasteiger partial charge is 0.367 e. The van der Waals surface area contributed by atoms with Gasteiger partial charge >= 0.3 is 0 Å². The smallest absolute Gasteiger partial charge is 0.186 e. The van der Waals surface area contributed by atoms with Crippen LogP contribution in [-0.2, 0) is 0 Å². The molecule has 0 fully saturated rings. The number of hydrogen-bond acceptors (Lipinski definition) is 3. The van der Waals surface area contributed by atoms with E-state index in [-0.39, 0.29) is 11.2 Å². The molecule has 18 heavy (non-hydrogen) atoms. The molecule has 0 spiro atoms. The van der Waals surface area contributed by atoms with Gasteiger partial charge in [0, 0.05) is 6.54 Å². The Morgan fingerprint density at radius 3 is 2.67 bits per heavy atom. The molecule has 3 nitrogen and oxygen atoms in total. The third kappa shape index (κ3) is 4.59. The van der Waals surface area contributed by atoms with Crippen molar-refractivity contribution in [3.63, 3.8) is 0 Å². The summed E-state index contributed by atoms with van der Waals surface area (Å²) in [6.07, 6.45) is 6.23. The molecule has 0 saturated carbocycles. The Morgan fingerprint density at radius 2 is 2.00 bits per heavy atom. The summed E-state index contributed by atoms with van der Waals surface area (Å²) in [4.78, 5) is 7.76. The van der Waals surface area contributed by atoms with E-state index in [0.29, 0.717) is 11.5 Å². The molecule has 0 unspecified atom stereocenters. The molecule has 1 heterocycles. The Balaban J connectivity index is 2.50. The molecule has 0 aromatic carbocycles. The van der Waals surface area contributed by atoms with Crippen LogP contribution in [0.2, 0.25) is 0 Å². The second kappa shape index (κ2) is 6.66. The van der Waals surface area contributed by atoms with Crippen molar-refractivity contribution in [2.75, 3.05) is 11.9 Å². The van der Waals surface area contributed by atoms with Gasteiger partial charge in [-0.25, -0.2) is 14.4 Å². The summed E-state index contributed by atoms with van der Waals surface area (Å²) < 4.78 is 13.7. The zero-order valence-electron chi connectivity index (χ0n) is 11.9. The van der Waals surface area contributed by atoms with Crippen LogP contribution < -0.4 is 5.32 Å². The van der Waals surface area contributed by atoms with Crippen molar-refractivity contribution in [1.29, 1.82) is 0 Å². The molecule has 0 atom stereocenters. The molecule has 102 valence electrons. The number of unbranched alkanes of at least 4 members (excludes halogenated alkanes) is 2. The van der Waals surface area contributed by atoms with Gasteiger partial charge in [-0.1, -0.05) is 40.0 Å². The Hall–Kier alpha value is -1.19. The van der Waals surface area contributed by atoms with Gasteiger partial charge in [-0.2, -0.15) is 0 Å². The molecule has 0 radical (unpaired) electrons. The van der Waals surface area contributed by atoms with E-state index in [0.717, 1.165) is 13.0 Å². The lowest BCUT2D eigenvalue weighted by Crippen LogP contribution is -2.24. The van der Waals surface area contributed by atoms with Gasteiger partial charge < -0.3 is 5.32 Å². The summed E-state index contributed by atoms with van der Waals surface area (Å²) in [6.45, 7) is 8.96. The highest BCUT2D eigenvalue weighted by Gasteiger charge is 2.18. The van der Waals surface area contributed by atoms with E-state index in [4.69, 9.17) is 0 Å². The maximum atomic E-state index is 13.7. The average Bonchev–Trinajstić information content (AvgIpc) is 2.31. The first-order valence-corrected chi connectivity index (χ1v) is 6.67. The number of aromatic nitrogens is 2. The molecular weight excluding hydrogens is 229 g/mol. The van der Waals surface area contributed by atoms with Gasteiger partial charge in [-0.15, -0.1) is 0 Å². The highest BCUT2D eigenvalue weighted by Crippen LogP contribution is 2.24. The molecule has 0 aliphatic rings. The van der Waals surface area contributed by atoms with Crippen LogP contribution in [0.1, 0.15) is 52.1 Å².